The van der Waals surface area contributed by atoms with Crippen LogP contribution < -0.4 is 4.74 Å². The fraction of sp³-hybridized carbons (Fsp3) is 0.267. The lowest BCUT2D eigenvalue weighted by Crippen LogP contribution is -2.25. The van der Waals surface area contributed by atoms with Crippen LogP contribution in [0.15, 0.2) is 36.7 Å². The summed E-state index contributed by atoms with van der Waals surface area (Å²) in [6.45, 7) is 3.65. The second-order valence-corrected chi connectivity index (χ2v) is 4.52. The van der Waals surface area contributed by atoms with Crippen molar-refractivity contribution < 1.29 is 18.6 Å². The molecule has 0 saturated carbocycles. The van der Waals surface area contributed by atoms with Crippen molar-refractivity contribution in [1.82, 2.24) is 4.98 Å². The molecule has 1 aromatic carbocycles. The third-order valence-electron chi connectivity index (χ3n) is 3.06. The number of rotatable bonds is 4. The van der Waals surface area contributed by atoms with Gasteiger partial charge in [0.05, 0.1) is 12.8 Å². The summed E-state index contributed by atoms with van der Waals surface area (Å²) in [5.74, 6) is -1.61. The van der Waals surface area contributed by atoms with E-state index in [0.29, 0.717) is 17.9 Å². The molecule has 3 nitrogen and oxygen atoms in total. The van der Waals surface area contributed by atoms with E-state index in [0.717, 1.165) is 6.07 Å². The first kappa shape index (κ1) is 14.4. The van der Waals surface area contributed by atoms with Gasteiger partial charge in [0.1, 0.15) is 11.4 Å². The second-order valence-electron chi connectivity index (χ2n) is 4.52. The van der Waals surface area contributed by atoms with Crippen LogP contribution >= 0.6 is 0 Å². The smallest absolute Gasteiger partial charge is 0.165 e. The Morgan fingerprint density at radius 3 is 2.75 bits per heavy atom. The molecular weight excluding hydrogens is 264 g/mol. The number of aliphatic hydroxyl groups is 1. The first-order valence-corrected chi connectivity index (χ1v) is 6.22. The van der Waals surface area contributed by atoms with Crippen LogP contribution in [0, 0.1) is 11.6 Å². The molecule has 20 heavy (non-hydrogen) atoms. The van der Waals surface area contributed by atoms with E-state index in [1.165, 1.54) is 31.5 Å². The Balaban J connectivity index is 2.48. The van der Waals surface area contributed by atoms with Crippen LogP contribution in [0.2, 0.25) is 0 Å². The molecule has 0 aliphatic rings. The van der Waals surface area contributed by atoms with Gasteiger partial charge in [-0.15, -0.1) is 0 Å². The Labute approximate surface area is 115 Å². The molecule has 0 amide bonds. The molecule has 1 N–H and O–H groups in total. The fourth-order valence-electron chi connectivity index (χ4n) is 1.97. The summed E-state index contributed by atoms with van der Waals surface area (Å²) in [5.41, 5.74) is -1.52. The molecule has 1 unspecified atom stereocenters. The number of hydrogen-bond acceptors (Lipinski definition) is 3. The number of ether oxygens (including phenoxy) is 1. The van der Waals surface area contributed by atoms with Gasteiger partial charge in [-0.05, 0) is 26.0 Å². The Bertz CT molecular complexity index is 615. The number of benzene rings is 1. The minimum atomic E-state index is -1.70. The maximum Gasteiger partial charge on any atom is 0.165 e. The van der Waals surface area contributed by atoms with E-state index in [1.807, 2.05) is 6.92 Å². The predicted molar refractivity (Wildman–Crippen MR) is 70.4 cm³/mol. The molecule has 1 atom stereocenters. The summed E-state index contributed by atoms with van der Waals surface area (Å²) in [6.07, 6.45) is 2.89. The molecule has 0 spiro atoms. The van der Waals surface area contributed by atoms with Gasteiger partial charge in [0.15, 0.2) is 11.6 Å². The van der Waals surface area contributed by atoms with E-state index in [2.05, 4.69) is 4.98 Å². The fourth-order valence-corrected chi connectivity index (χ4v) is 1.97. The molecule has 1 aromatic heterocycles. The van der Waals surface area contributed by atoms with Gasteiger partial charge in [0, 0.05) is 17.3 Å². The number of hydrogen-bond donors (Lipinski definition) is 1. The Hall–Kier alpha value is -2.01. The van der Waals surface area contributed by atoms with E-state index in [4.69, 9.17) is 4.74 Å². The summed E-state index contributed by atoms with van der Waals surface area (Å²) in [7, 11) is 0. The summed E-state index contributed by atoms with van der Waals surface area (Å²) in [5, 5.41) is 10.6. The van der Waals surface area contributed by atoms with E-state index < -0.39 is 17.2 Å². The summed E-state index contributed by atoms with van der Waals surface area (Å²) >= 11 is 0. The van der Waals surface area contributed by atoms with E-state index in [1.54, 1.807) is 6.07 Å². The van der Waals surface area contributed by atoms with E-state index in [-0.39, 0.29) is 5.56 Å². The van der Waals surface area contributed by atoms with Crippen LogP contribution in [0.3, 0.4) is 0 Å². The number of pyridine rings is 1. The van der Waals surface area contributed by atoms with Crippen molar-refractivity contribution in [2.45, 2.75) is 19.4 Å². The van der Waals surface area contributed by atoms with Crippen molar-refractivity contribution in [3.05, 3.63) is 59.4 Å². The first-order chi connectivity index (χ1) is 9.46. The van der Waals surface area contributed by atoms with Crippen LogP contribution in [-0.4, -0.2) is 16.7 Å². The molecule has 0 bridgehead atoms. The van der Waals surface area contributed by atoms with Crippen LogP contribution in [0.4, 0.5) is 8.78 Å². The van der Waals surface area contributed by atoms with Gasteiger partial charge < -0.3 is 9.84 Å². The van der Waals surface area contributed by atoms with Gasteiger partial charge >= 0.3 is 0 Å². The van der Waals surface area contributed by atoms with Gasteiger partial charge in [-0.3, -0.25) is 4.98 Å². The van der Waals surface area contributed by atoms with Crippen molar-refractivity contribution in [1.29, 1.82) is 0 Å². The second kappa shape index (κ2) is 5.54. The quantitative estimate of drug-likeness (QED) is 0.935. The maximum absolute atomic E-state index is 13.8. The van der Waals surface area contributed by atoms with Gasteiger partial charge in [0.2, 0.25) is 0 Å². The lowest BCUT2D eigenvalue weighted by atomic mass is 9.89. The number of aromatic nitrogens is 1. The molecule has 1 heterocycles. The Morgan fingerprint density at radius 2 is 2.05 bits per heavy atom. The van der Waals surface area contributed by atoms with Gasteiger partial charge in [-0.2, -0.15) is 0 Å². The zero-order chi connectivity index (χ0) is 14.8. The summed E-state index contributed by atoms with van der Waals surface area (Å²) in [4.78, 5) is 3.95. The minimum Gasteiger partial charge on any atom is -0.492 e. The molecular formula is C15H15F2NO2. The van der Waals surface area contributed by atoms with Crippen molar-refractivity contribution in [3.63, 3.8) is 0 Å². The maximum atomic E-state index is 13.8. The average molecular weight is 279 g/mol. The predicted octanol–water partition coefficient (Wildman–Crippen LogP) is 3.01. The van der Waals surface area contributed by atoms with E-state index in [9.17, 15) is 13.9 Å². The normalized spacial score (nSPS) is 13.8. The SMILES string of the molecule is CCOc1cncc(C(C)(O)c2cccc(F)c2F)c1. The number of halogens is 2. The molecule has 2 rings (SSSR count). The molecule has 0 saturated heterocycles. The standard InChI is InChI=1S/C15H15F2NO2/c1-3-20-11-7-10(8-18-9-11)15(2,19)12-5-4-6-13(16)14(12)17/h4-9,19H,3H2,1-2H3. The molecule has 0 aliphatic heterocycles. The first-order valence-electron chi connectivity index (χ1n) is 6.22. The third kappa shape index (κ3) is 2.63. The minimum absolute atomic E-state index is 0.145. The summed E-state index contributed by atoms with van der Waals surface area (Å²) < 4.78 is 32.4. The van der Waals surface area contributed by atoms with Crippen molar-refractivity contribution in [2.24, 2.45) is 0 Å². The van der Waals surface area contributed by atoms with Crippen LogP contribution in [0.25, 0.3) is 0 Å². The van der Waals surface area contributed by atoms with E-state index >= 15 is 0 Å². The average Bonchev–Trinajstić information content (AvgIpc) is 2.42. The van der Waals surface area contributed by atoms with Gasteiger partial charge in [-0.1, -0.05) is 12.1 Å². The Morgan fingerprint density at radius 1 is 1.30 bits per heavy atom. The topological polar surface area (TPSA) is 42.4 Å². The van der Waals surface area contributed by atoms with Crippen molar-refractivity contribution >= 4 is 0 Å². The van der Waals surface area contributed by atoms with Crippen molar-refractivity contribution in [2.75, 3.05) is 6.61 Å². The molecule has 2 aromatic rings. The monoisotopic (exact) mass is 279 g/mol. The summed E-state index contributed by atoms with van der Waals surface area (Å²) in [6, 6.07) is 5.25. The highest BCUT2D eigenvalue weighted by molar-refractivity contribution is 5.37. The highest BCUT2D eigenvalue weighted by Gasteiger charge is 2.30. The Kier molecular flexibility index (Phi) is 3.99. The largest absolute Gasteiger partial charge is 0.492 e. The lowest BCUT2D eigenvalue weighted by Gasteiger charge is -2.25. The molecule has 0 radical (unpaired) electrons. The number of nitrogens with zero attached hydrogens (tertiary/aromatic N) is 1. The highest BCUT2D eigenvalue weighted by atomic mass is 19.2. The van der Waals surface area contributed by atoms with Crippen molar-refractivity contribution in [3.8, 4) is 5.75 Å². The van der Waals surface area contributed by atoms with Crippen LogP contribution in [0.5, 0.6) is 5.75 Å². The molecule has 0 aliphatic carbocycles. The lowest BCUT2D eigenvalue weighted by molar-refractivity contribution is 0.0962. The molecule has 5 heteroatoms. The molecule has 106 valence electrons. The van der Waals surface area contributed by atoms with Crippen LogP contribution in [0.1, 0.15) is 25.0 Å². The zero-order valence-corrected chi connectivity index (χ0v) is 11.2. The van der Waals surface area contributed by atoms with Crippen LogP contribution in [-0.2, 0) is 5.60 Å². The zero-order valence-electron chi connectivity index (χ0n) is 11.2. The highest BCUT2D eigenvalue weighted by Crippen LogP contribution is 2.32. The van der Waals surface area contributed by atoms with Gasteiger partial charge in [-0.25, -0.2) is 8.78 Å². The third-order valence-corrected chi connectivity index (χ3v) is 3.06. The molecule has 0 fully saturated rings. The van der Waals surface area contributed by atoms with Gasteiger partial charge in [0.25, 0.3) is 0 Å².